The van der Waals surface area contributed by atoms with Gasteiger partial charge in [-0.3, -0.25) is 0 Å². The van der Waals surface area contributed by atoms with Crippen LogP contribution in [0.1, 0.15) is 48.8 Å². The number of nitrogens with zero attached hydrogens (tertiary/aromatic N) is 3. The fourth-order valence-electron chi connectivity index (χ4n) is 2.74. The zero-order valence-corrected chi connectivity index (χ0v) is 11.5. The normalized spacial score (nSPS) is 15.5. The molecule has 3 rings (SSSR count). The van der Waals surface area contributed by atoms with Gasteiger partial charge in [0.25, 0.3) is 0 Å². The van der Waals surface area contributed by atoms with Crippen molar-refractivity contribution < 1.29 is 8.78 Å². The summed E-state index contributed by atoms with van der Waals surface area (Å²) in [5.41, 5.74) is 6.07. The van der Waals surface area contributed by atoms with Gasteiger partial charge in [-0.05, 0) is 24.5 Å². The van der Waals surface area contributed by atoms with Crippen LogP contribution in [-0.4, -0.2) is 15.0 Å². The highest BCUT2D eigenvalue weighted by atomic mass is 19.1. The van der Waals surface area contributed by atoms with Crippen molar-refractivity contribution in [1.29, 1.82) is 0 Å². The van der Waals surface area contributed by atoms with E-state index in [0.717, 1.165) is 31.7 Å². The Kier molecular flexibility index (Phi) is 3.77. The second-order valence-corrected chi connectivity index (χ2v) is 5.36. The molecule has 1 saturated carbocycles. The van der Waals surface area contributed by atoms with Crippen LogP contribution in [0.15, 0.2) is 18.2 Å². The summed E-state index contributed by atoms with van der Waals surface area (Å²) in [5.74, 6) is 0.387. The molecule has 0 spiro atoms. The minimum atomic E-state index is -0.601. The molecule has 1 fully saturated rings. The zero-order chi connectivity index (χ0) is 14.8. The van der Waals surface area contributed by atoms with Gasteiger partial charge < -0.3 is 5.73 Å². The van der Waals surface area contributed by atoms with Gasteiger partial charge in [0.15, 0.2) is 0 Å². The smallest absolute Gasteiger partial charge is 0.223 e. The molecule has 1 aromatic heterocycles. The lowest BCUT2D eigenvalue weighted by atomic mass is 10.1. The molecule has 2 N–H and O–H groups in total. The van der Waals surface area contributed by atoms with Crippen LogP contribution < -0.4 is 5.73 Å². The predicted octanol–water partition coefficient (Wildman–Crippen LogP) is 2.98. The molecule has 0 unspecified atom stereocenters. The number of benzene rings is 1. The Morgan fingerprint density at radius 1 is 1.10 bits per heavy atom. The van der Waals surface area contributed by atoms with Crippen molar-refractivity contribution in [2.75, 3.05) is 5.73 Å². The van der Waals surface area contributed by atoms with Crippen LogP contribution in [0.3, 0.4) is 0 Å². The molecule has 1 aliphatic rings. The van der Waals surface area contributed by atoms with Gasteiger partial charge in [-0.1, -0.05) is 18.9 Å². The van der Waals surface area contributed by atoms with Crippen molar-refractivity contribution in [1.82, 2.24) is 15.0 Å². The van der Waals surface area contributed by atoms with Gasteiger partial charge in [0.1, 0.15) is 23.3 Å². The van der Waals surface area contributed by atoms with Gasteiger partial charge >= 0.3 is 0 Å². The van der Waals surface area contributed by atoms with Crippen LogP contribution in [-0.2, 0) is 6.42 Å². The third-order valence-electron chi connectivity index (χ3n) is 3.80. The van der Waals surface area contributed by atoms with Crippen LogP contribution in [0.25, 0.3) is 0 Å². The van der Waals surface area contributed by atoms with E-state index in [2.05, 4.69) is 15.0 Å². The molecule has 4 nitrogen and oxygen atoms in total. The SMILES string of the molecule is Nc1nc(Cc2ccc(F)cc2F)nc(C2CCCC2)n1. The van der Waals surface area contributed by atoms with E-state index < -0.39 is 11.6 Å². The molecule has 2 aromatic rings. The number of rotatable bonds is 3. The topological polar surface area (TPSA) is 64.7 Å². The molecule has 110 valence electrons. The van der Waals surface area contributed by atoms with E-state index in [9.17, 15) is 8.78 Å². The molecular weight excluding hydrogens is 274 g/mol. The van der Waals surface area contributed by atoms with Crippen molar-refractivity contribution in [3.8, 4) is 0 Å². The summed E-state index contributed by atoms with van der Waals surface area (Å²) in [6, 6.07) is 3.48. The lowest BCUT2D eigenvalue weighted by Gasteiger charge is -2.10. The van der Waals surface area contributed by atoms with E-state index in [0.29, 0.717) is 23.1 Å². The van der Waals surface area contributed by atoms with E-state index in [1.54, 1.807) is 0 Å². The van der Waals surface area contributed by atoms with E-state index in [4.69, 9.17) is 5.73 Å². The number of nitrogens with two attached hydrogens (primary N) is 1. The average Bonchev–Trinajstić information content (AvgIpc) is 2.95. The Balaban J connectivity index is 1.87. The van der Waals surface area contributed by atoms with E-state index >= 15 is 0 Å². The van der Waals surface area contributed by atoms with E-state index in [1.807, 2.05) is 0 Å². The van der Waals surface area contributed by atoms with Crippen LogP contribution in [0.5, 0.6) is 0 Å². The van der Waals surface area contributed by atoms with Gasteiger partial charge in [0.2, 0.25) is 5.95 Å². The average molecular weight is 290 g/mol. The molecule has 21 heavy (non-hydrogen) atoms. The number of hydrogen-bond acceptors (Lipinski definition) is 4. The Morgan fingerprint density at radius 2 is 1.86 bits per heavy atom. The first-order valence-corrected chi connectivity index (χ1v) is 7.06. The lowest BCUT2D eigenvalue weighted by molar-refractivity contribution is 0.572. The number of halogens is 2. The quantitative estimate of drug-likeness (QED) is 0.943. The van der Waals surface area contributed by atoms with Gasteiger partial charge in [-0.25, -0.2) is 13.8 Å². The largest absolute Gasteiger partial charge is 0.368 e. The van der Waals surface area contributed by atoms with Crippen LogP contribution in [0.4, 0.5) is 14.7 Å². The zero-order valence-electron chi connectivity index (χ0n) is 11.5. The van der Waals surface area contributed by atoms with Crippen molar-refractivity contribution >= 4 is 5.95 Å². The van der Waals surface area contributed by atoms with E-state index in [-0.39, 0.29) is 12.4 Å². The van der Waals surface area contributed by atoms with Crippen LogP contribution in [0.2, 0.25) is 0 Å². The third kappa shape index (κ3) is 3.15. The summed E-state index contributed by atoms with van der Waals surface area (Å²) in [5, 5.41) is 0. The molecule has 0 aliphatic heterocycles. The number of hydrogen-bond donors (Lipinski definition) is 1. The predicted molar refractivity (Wildman–Crippen MR) is 74.6 cm³/mol. The second kappa shape index (κ2) is 5.71. The fraction of sp³-hybridized carbons (Fsp3) is 0.400. The first-order valence-electron chi connectivity index (χ1n) is 7.06. The minimum Gasteiger partial charge on any atom is -0.368 e. The Hall–Kier alpha value is -2.11. The van der Waals surface area contributed by atoms with Crippen molar-refractivity contribution in [3.63, 3.8) is 0 Å². The Morgan fingerprint density at radius 3 is 2.57 bits per heavy atom. The number of nitrogen functional groups attached to an aromatic ring is 1. The second-order valence-electron chi connectivity index (χ2n) is 5.36. The highest BCUT2D eigenvalue weighted by molar-refractivity contribution is 5.25. The maximum absolute atomic E-state index is 13.7. The maximum Gasteiger partial charge on any atom is 0.223 e. The molecule has 6 heteroatoms. The van der Waals surface area contributed by atoms with Crippen LogP contribution >= 0.6 is 0 Å². The summed E-state index contributed by atoms with van der Waals surface area (Å²) >= 11 is 0. The van der Waals surface area contributed by atoms with Gasteiger partial charge in [-0.2, -0.15) is 9.97 Å². The molecule has 0 bridgehead atoms. The summed E-state index contributed by atoms with van der Waals surface area (Å²) in [6.07, 6.45) is 4.61. The summed E-state index contributed by atoms with van der Waals surface area (Å²) < 4.78 is 26.6. The van der Waals surface area contributed by atoms with Gasteiger partial charge in [-0.15, -0.1) is 0 Å². The third-order valence-corrected chi connectivity index (χ3v) is 3.80. The molecule has 1 aliphatic carbocycles. The molecular formula is C15H16F2N4. The summed E-state index contributed by atoms with van der Waals surface area (Å²) in [7, 11) is 0. The first-order chi connectivity index (χ1) is 10.1. The van der Waals surface area contributed by atoms with Gasteiger partial charge in [0, 0.05) is 18.4 Å². The van der Waals surface area contributed by atoms with Crippen LogP contribution in [0, 0.1) is 11.6 Å². The molecule has 0 atom stereocenters. The number of anilines is 1. The molecule has 0 radical (unpaired) electrons. The lowest BCUT2D eigenvalue weighted by Crippen LogP contribution is -2.10. The first kappa shape index (κ1) is 13.9. The Labute approximate surface area is 121 Å². The Bertz CT molecular complexity index is 654. The van der Waals surface area contributed by atoms with Gasteiger partial charge in [0.05, 0.1) is 0 Å². The molecule has 1 aromatic carbocycles. The van der Waals surface area contributed by atoms with E-state index in [1.165, 1.54) is 12.1 Å². The molecule has 1 heterocycles. The molecule has 0 saturated heterocycles. The number of aromatic nitrogens is 3. The summed E-state index contributed by atoms with van der Waals surface area (Å²) in [6.45, 7) is 0. The van der Waals surface area contributed by atoms with Crippen molar-refractivity contribution in [2.24, 2.45) is 0 Å². The highest BCUT2D eigenvalue weighted by Gasteiger charge is 2.21. The standard InChI is InChI=1S/C15H16F2N4/c16-11-6-5-10(12(17)8-11)7-13-19-14(21-15(18)20-13)9-3-1-2-4-9/h5-6,8-9H,1-4,7H2,(H2,18,19,20,21). The van der Waals surface area contributed by atoms with Crippen molar-refractivity contribution in [3.05, 3.63) is 47.0 Å². The summed E-state index contributed by atoms with van der Waals surface area (Å²) in [4.78, 5) is 12.7. The molecule has 0 amide bonds. The fourth-order valence-corrected chi connectivity index (χ4v) is 2.74. The maximum atomic E-state index is 13.7. The van der Waals surface area contributed by atoms with Crippen molar-refractivity contribution in [2.45, 2.75) is 38.0 Å². The minimum absolute atomic E-state index is 0.157. The highest BCUT2D eigenvalue weighted by Crippen LogP contribution is 2.32. The monoisotopic (exact) mass is 290 g/mol.